The molecule has 2 rings (SSSR count). The number of carbonyl (C=O) groups excluding carboxylic acids is 1. The molecule has 2 heterocycles. The van der Waals surface area contributed by atoms with Crippen LogP contribution >= 0.6 is 0 Å². The van der Waals surface area contributed by atoms with Crippen molar-refractivity contribution in [2.24, 2.45) is 0 Å². The van der Waals surface area contributed by atoms with E-state index in [9.17, 15) is 9.90 Å². The molecule has 0 atom stereocenters. The van der Waals surface area contributed by atoms with Crippen LogP contribution in [0.2, 0.25) is 0 Å². The first kappa shape index (κ1) is 14.3. The molecule has 19 heavy (non-hydrogen) atoms. The van der Waals surface area contributed by atoms with Gasteiger partial charge in [-0.1, -0.05) is 0 Å². The number of nitrogens with zero attached hydrogens (tertiary/aromatic N) is 2. The van der Waals surface area contributed by atoms with Gasteiger partial charge in [-0.3, -0.25) is 9.63 Å². The molecule has 0 saturated carbocycles. The van der Waals surface area contributed by atoms with Gasteiger partial charge in [-0.15, -0.1) is 0 Å². The van der Waals surface area contributed by atoms with E-state index in [1.54, 1.807) is 14.0 Å². The SMILES string of the molecule is COCCON1C(=O)C(C)=C(O)C12CCN(C)CC2. The number of ether oxygens (including phenoxy) is 1. The van der Waals surface area contributed by atoms with Crippen molar-refractivity contribution >= 4 is 5.91 Å². The molecule has 0 aliphatic carbocycles. The number of carbonyl (C=O) groups is 1. The van der Waals surface area contributed by atoms with Gasteiger partial charge in [-0.2, -0.15) is 0 Å². The highest BCUT2D eigenvalue weighted by atomic mass is 16.7. The van der Waals surface area contributed by atoms with E-state index in [0.717, 1.165) is 13.1 Å². The molecule has 0 unspecified atom stereocenters. The molecule has 1 spiro atoms. The van der Waals surface area contributed by atoms with E-state index in [2.05, 4.69) is 4.90 Å². The van der Waals surface area contributed by atoms with E-state index >= 15 is 0 Å². The predicted octanol–water partition coefficient (Wildman–Crippen LogP) is 0.703. The number of rotatable bonds is 4. The van der Waals surface area contributed by atoms with E-state index in [-0.39, 0.29) is 11.7 Å². The fourth-order valence-electron chi connectivity index (χ4n) is 2.72. The lowest BCUT2D eigenvalue weighted by molar-refractivity contribution is -0.220. The maximum atomic E-state index is 12.2. The minimum atomic E-state index is -0.679. The van der Waals surface area contributed by atoms with Crippen LogP contribution < -0.4 is 0 Å². The van der Waals surface area contributed by atoms with Crippen molar-refractivity contribution in [2.75, 3.05) is 40.5 Å². The van der Waals surface area contributed by atoms with Gasteiger partial charge in [-0.25, -0.2) is 5.06 Å². The van der Waals surface area contributed by atoms with Gasteiger partial charge < -0.3 is 14.7 Å². The Bertz CT molecular complexity index is 386. The lowest BCUT2D eigenvalue weighted by Gasteiger charge is -2.42. The van der Waals surface area contributed by atoms with E-state index in [4.69, 9.17) is 9.57 Å². The molecule has 0 radical (unpaired) electrons. The van der Waals surface area contributed by atoms with Crippen molar-refractivity contribution in [3.63, 3.8) is 0 Å². The number of likely N-dealkylation sites (tertiary alicyclic amines) is 1. The van der Waals surface area contributed by atoms with Crippen molar-refractivity contribution < 1.29 is 19.5 Å². The third-order valence-electron chi connectivity index (χ3n) is 4.01. The van der Waals surface area contributed by atoms with Crippen LogP contribution in [-0.4, -0.2) is 67.0 Å². The Hall–Kier alpha value is -1.11. The van der Waals surface area contributed by atoms with Crippen molar-refractivity contribution in [1.29, 1.82) is 0 Å². The fraction of sp³-hybridized carbons (Fsp3) is 0.769. The van der Waals surface area contributed by atoms with Crippen LogP contribution in [0, 0.1) is 0 Å². The van der Waals surface area contributed by atoms with Crippen LogP contribution in [0.25, 0.3) is 0 Å². The maximum absolute atomic E-state index is 12.2. The molecule has 1 fully saturated rings. The highest BCUT2D eigenvalue weighted by Crippen LogP contribution is 2.41. The molecule has 1 N–H and O–H groups in total. The van der Waals surface area contributed by atoms with Gasteiger partial charge in [-0.05, 0) is 26.8 Å². The zero-order chi connectivity index (χ0) is 14.0. The summed E-state index contributed by atoms with van der Waals surface area (Å²) in [6.07, 6.45) is 1.37. The second-order valence-corrected chi connectivity index (χ2v) is 5.23. The normalized spacial score (nSPS) is 23.7. The smallest absolute Gasteiger partial charge is 0.277 e. The van der Waals surface area contributed by atoms with Crippen LogP contribution in [0.5, 0.6) is 0 Å². The number of aliphatic hydroxyl groups is 1. The molecular weight excluding hydrogens is 248 g/mol. The highest BCUT2D eigenvalue weighted by molar-refractivity contribution is 5.96. The fourth-order valence-corrected chi connectivity index (χ4v) is 2.72. The van der Waals surface area contributed by atoms with Gasteiger partial charge in [0.1, 0.15) is 11.3 Å². The largest absolute Gasteiger partial charge is 0.509 e. The Morgan fingerprint density at radius 2 is 1.95 bits per heavy atom. The molecule has 2 aliphatic rings. The molecule has 1 saturated heterocycles. The number of hydrogen-bond acceptors (Lipinski definition) is 5. The van der Waals surface area contributed by atoms with E-state index in [1.165, 1.54) is 5.06 Å². The lowest BCUT2D eigenvalue weighted by Crippen LogP contribution is -2.54. The number of hydrogen-bond donors (Lipinski definition) is 1. The van der Waals surface area contributed by atoms with Crippen LogP contribution in [0.1, 0.15) is 19.8 Å². The summed E-state index contributed by atoms with van der Waals surface area (Å²) in [6, 6.07) is 0. The van der Waals surface area contributed by atoms with Gasteiger partial charge in [0.05, 0.1) is 18.8 Å². The molecule has 6 heteroatoms. The van der Waals surface area contributed by atoms with Gasteiger partial charge in [0.2, 0.25) is 0 Å². The number of hydroxylamine groups is 2. The van der Waals surface area contributed by atoms with Crippen molar-refractivity contribution in [1.82, 2.24) is 9.96 Å². The number of amides is 1. The number of piperidine rings is 1. The topological polar surface area (TPSA) is 62.2 Å². The Balaban J connectivity index is 2.18. The summed E-state index contributed by atoms with van der Waals surface area (Å²) >= 11 is 0. The Labute approximate surface area is 113 Å². The van der Waals surface area contributed by atoms with Gasteiger partial charge in [0, 0.05) is 20.2 Å². The van der Waals surface area contributed by atoms with E-state index in [1.807, 2.05) is 7.05 Å². The zero-order valence-corrected chi connectivity index (χ0v) is 11.8. The van der Waals surface area contributed by atoms with Gasteiger partial charge >= 0.3 is 0 Å². The second-order valence-electron chi connectivity index (χ2n) is 5.23. The summed E-state index contributed by atoms with van der Waals surface area (Å²) < 4.78 is 4.94. The lowest BCUT2D eigenvalue weighted by atomic mass is 9.86. The van der Waals surface area contributed by atoms with Crippen LogP contribution in [0.4, 0.5) is 0 Å². The highest BCUT2D eigenvalue weighted by Gasteiger charge is 2.53. The molecule has 0 aromatic carbocycles. The van der Waals surface area contributed by atoms with Crippen LogP contribution in [-0.2, 0) is 14.4 Å². The second kappa shape index (κ2) is 5.48. The summed E-state index contributed by atoms with van der Waals surface area (Å²) in [6.45, 7) is 4.03. The first-order valence-corrected chi connectivity index (χ1v) is 6.58. The molecule has 6 nitrogen and oxygen atoms in total. The Morgan fingerprint density at radius 1 is 1.32 bits per heavy atom. The first-order chi connectivity index (χ1) is 9.03. The average molecular weight is 270 g/mol. The summed E-state index contributed by atoms with van der Waals surface area (Å²) in [7, 11) is 3.62. The first-order valence-electron chi connectivity index (χ1n) is 6.58. The zero-order valence-electron chi connectivity index (χ0n) is 11.8. The molecule has 0 bridgehead atoms. The number of aliphatic hydroxyl groups excluding tert-OH is 1. The molecule has 108 valence electrons. The Kier molecular flexibility index (Phi) is 4.13. The summed E-state index contributed by atoms with van der Waals surface area (Å²) in [4.78, 5) is 19.9. The van der Waals surface area contributed by atoms with E-state index in [0.29, 0.717) is 31.6 Å². The minimum absolute atomic E-state index is 0.169. The monoisotopic (exact) mass is 270 g/mol. The van der Waals surface area contributed by atoms with Crippen molar-refractivity contribution in [2.45, 2.75) is 25.3 Å². The van der Waals surface area contributed by atoms with E-state index < -0.39 is 5.54 Å². The third-order valence-corrected chi connectivity index (χ3v) is 4.01. The molecule has 0 aromatic rings. The van der Waals surface area contributed by atoms with Crippen LogP contribution in [0.15, 0.2) is 11.3 Å². The summed E-state index contributed by atoms with van der Waals surface area (Å²) in [5.74, 6) is -0.0684. The predicted molar refractivity (Wildman–Crippen MR) is 69.5 cm³/mol. The standard InChI is InChI=1S/C13H22N2O4/c1-10-11(16)13(4-6-14(2)7-5-13)15(12(10)17)19-9-8-18-3/h16H,4-9H2,1-3H3. The molecular formula is C13H22N2O4. The minimum Gasteiger partial charge on any atom is -0.509 e. The molecule has 0 aromatic heterocycles. The quantitative estimate of drug-likeness (QED) is 0.762. The maximum Gasteiger partial charge on any atom is 0.277 e. The van der Waals surface area contributed by atoms with Crippen molar-refractivity contribution in [3.05, 3.63) is 11.3 Å². The van der Waals surface area contributed by atoms with Crippen molar-refractivity contribution in [3.8, 4) is 0 Å². The Morgan fingerprint density at radius 3 is 2.53 bits per heavy atom. The summed E-state index contributed by atoms with van der Waals surface area (Å²) in [5, 5.41) is 11.7. The van der Waals surface area contributed by atoms with Gasteiger partial charge in [0.15, 0.2) is 0 Å². The summed E-state index contributed by atoms with van der Waals surface area (Å²) in [5.41, 5.74) is -0.288. The average Bonchev–Trinajstić information content (AvgIpc) is 2.58. The molecule has 2 aliphatic heterocycles. The molecule has 1 amide bonds. The van der Waals surface area contributed by atoms with Crippen LogP contribution in [0.3, 0.4) is 0 Å². The number of methoxy groups -OCH3 is 1. The third kappa shape index (κ3) is 2.35. The van der Waals surface area contributed by atoms with Gasteiger partial charge in [0.25, 0.3) is 5.91 Å².